The molecule has 1 N–H and O–H groups in total. The van der Waals surface area contributed by atoms with E-state index in [4.69, 9.17) is 11.6 Å². The molecule has 262 valence electrons. The van der Waals surface area contributed by atoms with Gasteiger partial charge in [0.2, 0.25) is 0 Å². The Morgan fingerprint density at radius 2 is 1.56 bits per heavy atom. The van der Waals surface area contributed by atoms with Crippen molar-refractivity contribution in [3.05, 3.63) is 139 Å². The number of benzene rings is 5. The van der Waals surface area contributed by atoms with Crippen LogP contribution >= 0.6 is 23.4 Å². The molecule has 8 rings (SSSR count). The number of thioether (sulfide) groups is 1. The summed E-state index contributed by atoms with van der Waals surface area (Å²) in [5.41, 5.74) is 6.90. The van der Waals surface area contributed by atoms with E-state index in [0.717, 1.165) is 66.8 Å². The lowest BCUT2D eigenvalue weighted by Gasteiger charge is -2.36. The zero-order chi connectivity index (χ0) is 35.5. The van der Waals surface area contributed by atoms with Crippen LogP contribution in [-0.4, -0.2) is 64.8 Å². The third-order valence-electron chi connectivity index (χ3n) is 9.40. The lowest BCUT2D eigenvalue weighted by Crippen LogP contribution is -2.46. The van der Waals surface area contributed by atoms with Crippen LogP contribution in [0.2, 0.25) is 5.02 Å². The number of fused-ring (bicyclic) bond motifs is 2. The Kier molecular flexibility index (Phi) is 9.83. The van der Waals surface area contributed by atoms with Crippen molar-refractivity contribution in [3.8, 4) is 11.1 Å². The second-order valence-corrected chi connectivity index (χ2v) is 16.0. The number of nitrogens with zero attached hydrogens (tertiary/aromatic N) is 6. The van der Waals surface area contributed by atoms with Gasteiger partial charge in [-0.3, -0.25) is 9.62 Å². The summed E-state index contributed by atoms with van der Waals surface area (Å²) in [6.45, 7) is 5.18. The first kappa shape index (κ1) is 34.2. The lowest BCUT2D eigenvalue weighted by molar-refractivity contribution is 0.250. The number of sulfonamides is 1. The molecule has 0 spiro atoms. The lowest BCUT2D eigenvalue weighted by atomic mass is 9.99. The van der Waals surface area contributed by atoms with Crippen molar-refractivity contribution in [2.45, 2.75) is 22.9 Å². The fraction of sp³-hybridized carbons (Fsp3) is 0.175. The number of aryl methyl sites for hydroxylation is 1. The Bertz CT molecular complexity index is 2450. The quantitative estimate of drug-likeness (QED) is 0.132. The van der Waals surface area contributed by atoms with Crippen LogP contribution in [-0.2, 0) is 23.1 Å². The van der Waals surface area contributed by atoms with Gasteiger partial charge < -0.3 is 9.47 Å². The Balaban J connectivity index is 0.920. The van der Waals surface area contributed by atoms with Crippen molar-refractivity contribution >= 4 is 66.8 Å². The first-order chi connectivity index (χ1) is 25.4. The second kappa shape index (κ2) is 15.0. The van der Waals surface area contributed by atoms with Gasteiger partial charge in [0.1, 0.15) is 6.33 Å². The van der Waals surface area contributed by atoms with E-state index in [1.165, 1.54) is 22.3 Å². The van der Waals surface area contributed by atoms with Gasteiger partial charge in [0, 0.05) is 66.0 Å². The molecule has 0 saturated carbocycles. The average molecular weight is 746 g/mol. The zero-order valence-corrected chi connectivity index (χ0v) is 30.7. The molecule has 1 saturated heterocycles. The Morgan fingerprint density at radius 3 is 2.38 bits per heavy atom. The van der Waals surface area contributed by atoms with Crippen molar-refractivity contribution in [1.29, 1.82) is 0 Å². The van der Waals surface area contributed by atoms with Crippen LogP contribution < -0.4 is 9.62 Å². The van der Waals surface area contributed by atoms with Gasteiger partial charge in [-0.1, -0.05) is 66.2 Å². The first-order valence-electron chi connectivity index (χ1n) is 17.1. The van der Waals surface area contributed by atoms with Gasteiger partial charge in [0.15, 0.2) is 5.82 Å². The van der Waals surface area contributed by atoms with Crippen molar-refractivity contribution < 1.29 is 8.42 Å². The van der Waals surface area contributed by atoms with Gasteiger partial charge in [-0.25, -0.2) is 23.4 Å². The minimum absolute atomic E-state index is 0.126. The molecule has 0 radical (unpaired) electrons. The van der Waals surface area contributed by atoms with E-state index in [0.29, 0.717) is 16.4 Å². The largest absolute Gasteiger partial charge is 0.369 e. The van der Waals surface area contributed by atoms with Crippen LogP contribution in [0.25, 0.3) is 33.1 Å². The number of piperazine rings is 1. The topological polar surface area (TPSA) is 96.2 Å². The van der Waals surface area contributed by atoms with Crippen molar-refractivity contribution in [2.75, 3.05) is 41.6 Å². The summed E-state index contributed by atoms with van der Waals surface area (Å²) in [5, 5.41) is 1.37. The molecule has 52 heavy (non-hydrogen) atoms. The standard InChI is InChI=1S/C40H36ClN7O2S2/c41-31-12-10-29(11-13-31)35-9-5-4-6-30(35)26-46-18-20-47(21-19-46)32-14-16-36-37(24-32)42-27-43-40(36)45-52(49,50)34-15-17-39-38(25-34)44-28-48(39)22-23-51-33-7-2-1-3-8-33/h1-17,24-25,27-28H,18-23,26H2,(H,42,43,45). The van der Waals surface area contributed by atoms with Crippen LogP contribution in [0, 0.1) is 0 Å². The molecule has 5 aromatic carbocycles. The molecule has 1 aliphatic heterocycles. The summed E-state index contributed by atoms with van der Waals surface area (Å²) in [4.78, 5) is 19.5. The van der Waals surface area contributed by atoms with Gasteiger partial charge in [-0.05, 0) is 77.4 Å². The Hall–Kier alpha value is -4.94. The van der Waals surface area contributed by atoms with Gasteiger partial charge in [0.25, 0.3) is 10.0 Å². The molecular formula is C40H36ClN7O2S2. The molecule has 0 bridgehead atoms. The van der Waals surface area contributed by atoms with Crippen molar-refractivity contribution in [1.82, 2.24) is 24.4 Å². The van der Waals surface area contributed by atoms with E-state index >= 15 is 0 Å². The fourth-order valence-corrected chi connectivity index (χ4v) is 8.70. The van der Waals surface area contributed by atoms with Crippen molar-refractivity contribution in [3.63, 3.8) is 0 Å². The second-order valence-electron chi connectivity index (χ2n) is 12.7. The molecule has 0 aliphatic carbocycles. The maximum absolute atomic E-state index is 13.6. The Labute approximate surface area is 312 Å². The zero-order valence-electron chi connectivity index (χ0n) is 28.3. The summed E-state index contributed by atoms with van der Waals surface area (Å²) >= 11 is 7.91. The molecule has 0 atom stereocenters. The summed E-state index contributed by atoms with van der Waals surface area (Å²) in [6.07, 6.45) is 3.16. The Morgan fingerprint density at radius 1 is 0.769 bits per heavy atom. The molecule has 1 aliphatic rings. The van der Waals surface area contributed by atoms with Gasteiger partial charge in [-0.2, -0.15) is 0 Å². The average Bonchev–Trinajstić information content (AvgIpc) is 3.58. The van der Waals surface area contributed by atoms with Crippen LogP contribution in [0.15, 0.2) is 138 Å². The molecular weight excluding hydrogens is 710 g/mol. The molecule has 7 aromatic rings. The monoisotopic (exact) mass is 745 g/mol. The smallest absolute Gasteiger partial charge is 0.263 e. The fourth-order valence-electron chi connectivity index (χ4n) is 6.65. The molecule has 0 unspecified atom stereocenters. The maximum Gasteiger partial charge on any atom is 0.263 e. The van der Waals surface area contributed by atoms with Crippen LogP contribution in [0.4, 0.5) is 11.5 Å². The summed E-state index contributed by atoms with van der Waals surface area (Å²) < 4.78 is 31.9. The van der Waals surface area contributed by atoms with E-state index in [1.807, 2.05) is 59.2 Å². The van der Waals surface area contributed by atoms with Crippen LogP contribution in [0.1, 0.15) is 5.56 Å². The number of anilines is 2. The number of hydrogen-bond donors (Lipinski definition) is 1. The van der Waals surface area contributed by atoms with E-state index in [1.54, 1.807) is 30.2 Å². The van der Waals surface area contributed by atoms with E-state index in [9.17, 15) is 8.42 Å². The minimum atomic E-state index is -3.94. The third-order valence-corrected chi connectivity index (χ3v) is 12.0. The van der Waals surface area contributed by atoms with Gasteiger partial charge in [-0.15, -0.1) is 11.8 Å². The van der Waals surface area contributed by atoms with Gasteiger partial charge in [0.05, 0.1) is 27.8 Å². The number of aromatic nitrogens is 4. The number of imidazole rings is 1. The van der Waals surface area contributed by atoms with Gasteiger partial charge >= 0.3 is 0 Å². The number of rotatable bonds is 11. The predicted octanol–water partition coefficient (Wildman–Crippen LogP) is 8.22. The summed E-state index contributed by atoms with van der Waals surface area (Å²) in [5.74, 6) is 1.11. The third kappa shape index (κ3) is 7.49. The van der Waals surface area contributed by atoms with Crippen molar-refractivity contribution in [2.24, 2.45) is 0 Å². The highest BCUT2D eigenvalue weighted by Gasteiger charge is 2.21. The van der Waals surface area contributed by atoms with Crippen LogP contribution in [0.5, 0.6) is 0 Å². The SMILES string of the molecule is O=S(=O)(Nc1ncnc2cc(N3CCN(Cc4ccccc4-c4ccc(Cl)cc4)CC3)ccc12)c1ccc2c(c1)ncn2CCSc1ccccc1. The molecule has 3 heterocycles. The van der Waals surface area contributed by atoms with E-state index in [2.05, 4.69) is 78.0 Å². The number of hydrogen-bond acceptors (Lipinski definition) is 8. The first-order valence-corrected chi connectivity index (χ1v) is 20.0. The molecule has 2 aromatic heterocycles. The highest BCUT2D eigenvalue weighted by atomic mass is 35.5. The highest BCUT2D eigenvalue weighted by Crippen LogP contribution is 2.30. The van der Waals surface area contributed by atoms with E-state index < -0.39 is 10.0 Å². The molecule has 1 fully saturated rings. The predicted molar refractivity (Wildman–Crippen MR) is 212 cm³/mol. The molecule has 12 heteroatoms. The summed E-state index contributed by atoms with van der Waals surface area (Å²) in [7, 11) is -3.94. The molecule has 0 amide bonds. The van der Waals surface area contributed by atoms with E-state index in [-0.39, 0.29) is 10.7 Å². The number of halogens is 1. The minimum Gasteiger partial charge on any atom is -0.369 e. The van der Waals surface area contributed by atoms with Crippen LogP contribution in [0.3, 0.4) is 0 Å². The molecule has 9 nitrogen and oxygen atoms in total. The maximum atomic E-state index is 13.6. The summed E-state index contributed by atoms with van der Waals surface area (Å²) in [6, 6.07) is 37.8. The normalized spacial score (nSPS) is 13.9. The highest BCUT2D eigenvalue weighted by molar-refractivity contribution is 7.99. The number of nitrogens with one attached hydrogen (secondary N) is 1.